The Labute approximate surface area is 165 Å². The van der Waals surface area contributed by atoms with Gasteiger partial charge in [-0.25, -0.2) is 4.98 Å². The minimum Gasteiger partial charge on any atom is -0.484 e. The summed E-state index contributed by atoms with van der Waals surface area (Å²) in [7, 11) is 0. The van der Waals surface area contributed by atoms with E-state index in [1.165, 1.54) is 6.92 Å². The number of ketones is 1. The molecule has 1 amide bonds. The first kappa shape index (κ1) is 19.1. The monoisotopic (exact) mass is 398 g/mol. The first-order valence-corrected chi connectivity index (χ1v) is 9.93. The highest BCUT2D eigenvalue weighted by molar-refractivity contribution is 8.01. The quantitative estimate of drug-likeness (QED) is 0.578. The minimum absolute atomic E-state index is 0.00843. The van der Waals surface area contributed by atoms with Crippen LogP contribution in [-0.2, 0) is 4.79 Å². The van der Waals surface area contributed by atoms with E-state index < -0.39 is 0 Å². The van der Waals surface area contributed by atoms with Crippen molar-refractivity contribution in [3.8, 4) is 5.75 Å². The topological polar surface area (TPSA) is 68.3 Å². The normalized spacial score (nSPS) is 10.4. The molecule has 1 N–H and O–H groups in total. The zero-order chi connectivity index (χ0) is 19.2. The first-order valence-electron chi connectivity index (χ1n) is 8.23. The van der Waals surface area contributed by atoms with Gasteiger partial charge in [0.2, 0.25) is 0 Å². The second kappa shape index (κ2) is 8.83. The van der Waals surface area contributed by atoms with Crippen LogP contribution >= 0.6 is 23.1 Å². The summed E-state index contributed by atoms with van der Waals surface area (Å²) in [6, 6.07) is 14.3. The van der Waals surface area contributed by atoms with Gasteiger partial charge >= 0.3 is 0 Å². The van der Waals surface area contributed by atoms with Crippen molar-refractivity contribution in [1.29, 1.82) is 0 Å². The largest absolute Gasteiger partial charge is 0.484 e. The Morgan fingerprint density at radius 3 is 2.41 bits per heavy atom. The molecule has 0 aliphatic rings. The Hall–Kier alpha value is -2.64. The fraction of sp³-hybridized carbons (Fsp3) is 0.150. The Bertz CT molecular complexity index is 935. The molecule has 7 heteroatoms. The Morgan fingerprint density at radius 2 is 1.81 bits per heavy atom. The average molecular weight is 399 g/mol. The molecule has 5 nitrogen and oxygen atoms in total. The van der Waals surface area contributed by atoms with Crippen molar-refractivity contribution in [1.82, 2.24) is 4.98 Å². The summed E-state index contributed by atoms with van der Waals surface area (Å²) < 4.78 is 6.44. The molecule has 2 aromatic carbocycles. The number of nitrogens with one attached hydrogen (secondary N) is 1. The second-order valence-electron chi connectivity index (χ2n) is 5.80. The summed E-state index contributed by atoms with van der Waals surface area (Å²) in [5.74, 6) is 0.285. The van der Waals surface area contributed by atoms with E-state index in [9.17, 15) is 9.59 Å². The molecule has 0 saturated carbocycles. The van der Waals surface area contributed by atoms with Crippen molar-refractivity contribution in [2.75, 3.05) is 11.9 Å². The second-order valence-corrected chi connectivity index (χ2v) is 7.98. The molecule has 0 saturated heterocycles. The van der Waals surface area contributed by atoms with E-state index in [1.807, 2.05) is 36.6 Å². The van der Waals surface area contributed by atoms with Crippen molar-refractivity contribution >= 4 is 40.5 Å². The van der Waals surface area contributed by atoms with Crippen LogP contribution in [0.25, 0.3) is 0 Å². The number of carbonyl (C=O) groups is 2. The number of hydrogen-bond donors (Lipinski definition) is 1. The molecule has 0 aliphatic carbocycles. The molecule has 0 radical (unpaired) electrons. The molecular weight excluding hydrogens is 380 g/mol. The number of thiazole rings is 1. The van der Waals surface area contributed by atoms with Gasteiger partial charge in [-0.3, -0.25) is 9.59 Å². The van der Waals surface area contributed by atoms with Crippen molar-refractivity contribution in [2.24, 2.45) is 0 Å². The third-order valence-corrected chi connectivity index (χ3v) is 5.64. The van der Waals surface area contributed by atoms with E-state index in [2.05, 4.69) is 10.3 Å². The van der Waals surface area contributed by atoms with Crippen LogP contribution in [0, 0.1) is 6.92 Å². The zero-order valence-electron chi connectivity index (χ0n) is 14.9. The van der Waals surface area contributed by atoms with E-state index in [-0.39, 0.29) is 18.3 Å². The van der Waals surface area contributed by atoms with Crippen molar-refractivity contribution in [3.63, 3.8) is 0 Å². The van der Waals surface area contributed by atoms with Crippen LogP contribution in [0.3, 0.4) is 0 Å². The number of anilines is 1. The maximum absolute atomic E-state index is 12.0. The van der Waals surface area contributed by atoms with Crippen LogP contribution < -0.4 is 10.1 Å². The van der Waals surface area contributed by atoms with Crippen LogP contribution in [-0.4, -0.2) is 23.3 Å². The molecule has 0 bridgehead atoms. The third-order valence-electron chi connectivity index (χ3n) is 3.57. The van der Waals surface area contributed by atoms with Crippen LogP contribution in [0.1, 0.15) is 23.0 Å². The Kier molecular flexibility index (Phi) is 6.26. The number of benzene rings is 2. The van der Waals surface area contributed by atoms with Gasteiger partial charge in [-0.1, -0.05) is 11.8 Å². The minimum atomic E-state index is -0.249. The molecule has 0 unspecified atom stereocenters. The summed E-state index contributed by atoms with van der Waals surface area (Å²) in [6.45, 7) is 3.37. The van der Waals surface area contributed by atoms with Gasteiger partial charge in [0.1, 0.15) is 5.75 Å². The predicted octanol–water partition coefficient (Wildman–Crippen LogP) is 4.82. The number of aromatic nitrogens is 1. The number of aryl methyl sites for hydroxylation is 1. The lowest BCUT2D eigenvalue weighted by Crippen LogP contribution is -2.20. The highest BCUT2D eigenvalue weighted by Crippen LogP contribution is 2.30. The van der Waals surface area contributed by atoms with E-state index >= 15 is 0 Å². The van der Waals surface area contributed by atoms with Gasteiger partial charge in [-0.2, -0.15) is 0 Å². The number of nitrogens with zero attached hydrogens (tertiary/aromatic N) is 1. The highest BCUT2D eigenvalue weighted by atomic mass is 32.2. The molecule has 3 rings (SSSR count). The number of rotatable bonds is 7. The van der Waals surface area contributed by atoms with Crippen LogP contribution in [0.4, 0.5) is 5.69 Å². The van der Waals surface area contributed by atoms with Gasteiger partial charge < -0.3 is 10.1 Å². The van der Waals surface area contributed by atoms with Crippen molar-refractivity contribution < 1.29 is 14.3 Å². The molecule has 0 atom stereocenters. The van der Waals surface area contributed by atoms with Gasteiger partial charge in [0.15, 0.2) is 16.7 Å². The van der Waals surface area contributed by atoms with Gasteiger partial charge in [0.25, 0.3) is 5.91 Å². The van der Waals surface area contributed by atoms with Crippen molar-refractivity contribution in [3.05, 3.63) is 65.2 Å². The molecule has 3 aromatic rings. The van der Waals surface area contributed by atoms with Gasteiger partial charge in [-0.05, 0) is 62.4 Å². The standard InChI is InChI=1S/C20H18N2O3S2/c1-13-12-26-20(21-13)27-18-9-5-16(6-10-18)22-19(24)11-25-17-7-3-15(4-8-17)14(2)23/h3-10,12H,11H2,1-2H3,(H,22,24). The molecule has 1 heterocycles. The number of Topliss-reactive ketones (excluding diaryl/α,β-unsaturated/α-hetero) is 1. The zero-order valence-corrected chi connectivity index (χ0v) is 16.5. The maximum Gasteiger partial charge on any atom is 0.262 e. The molecule has 138 valence electrons. The highest BCUT2D eigenvalue weighted by Gasteiger charge is 2.06. The van der Waals surface area contributed by atoms with E-state index in [4.69, 9.17) is 4.74 Å². The van der Waals surface area contributed by atoms with Crippen molar-refractivity contribution in [2.45, 2.75) is 23.1 Å². The van der Waals surface area contributed by atoms with Gasteiger partial charge in [-0.15, -0.1) is 11.3 Å². The SMILES string of the molecule is CC(=O)c1ccc(OCC(=O)Nc2ccc(Sc3nc(C)cs3)cc2)cc1. The van der Waals surface area contributed by atoms with Crippen LogP contribution in [0.5, 0.6) is 5.75 Å². The number of ether oxygens (including phenoxy) is 1. The first-order chi connectivity index (χ1) is 13.0. The van der Waals surface area contributed by atoms with Gasteiger partial charge in [0, 0.05) is 27.2 Å². The van der Waals surface area contributed by atoms with Crippen LogP contribution in [0.15, 0.2) is 63.1 Å². The van der Waals surface area contributed by atoms with Gasteiger partial charge in [0.05, 0.1) is 0 Å². The third kappa shape index (κ3) is 5.67. The summed E-state index contributed by atoms with van der Waals surface area (Å²) in [5.41, 5.74) is 2.33. The fourth-order valence-corrected chi connectivity index (χ4v) is 4.03. The smallest absolute Gasteiger partial charge is 0.262 e. The Balaban J connectivity index is 1.49. The lowest BCUT2D eigenvalue weighted by atomic mass is 10.1. The Morgan fingerprint density at radius 1 is 1.11 bits per heavy atom. The summed E-state index contributed by atoms with van der Waals surface area (Å²) in [5, 5.41) is 4.82. The number of hydrogen-bond acceptors (Lipinski definition) is 6. The van der Waals surface area contributed by atoms with E-state index in [0.29, 0.717) is 17.0 Å². The van der Waals surface area contributed by atoms with E-state index in [0.717, 1.165) is 14.9 Å². The molecule has 27 heavy (non-hydrogen) atoms. The molecular formula is C20H18N2O3S2. The molecule has 0 aliphatic heterocycles. The lowest BCUT2D eigenvalue weighted by Gasteiger charge is -2.08. The molecule has 0 fully saturated rings. The lowest BCUT2D eigenvalue weighted by molar-refractivity contribution is -0.118. The molecule has 0 spiro atoms. The summed E-state index contributed by atoms with van der Waals surface area (Å²) in [6.07, 6.45) is 0. The number of carbonyl (C=O) groups excluding carboxylic acids is 2. The molecule has 1 aromatic heterocycles. The average Bonchev–Trinajstić information content (AvgIpc) is 3.07. The fourth-order valence-electron chi connectivity index (χ4n) is 2.22. The van der Waals surface area contributed by atoms with Crippen LogP contribution in [0.2, 0.25) is 0 Å². The summed E-state index contributed by atoms with van der Waals surface area (Å²) >= 11 is 3.21. The maximum atomic E-state index is 12.0. The predicted molar refractivity (Wildman–Crippen MR) is 108 cm³/mol. The van der Waals surface area contributed by atoms with E-state index in [1.54, 1.807) is 47.4 Å². The summed E-state index contributed by atoms with van der Waals surface area (Å²) in [4.78, 5) is 28.8. The number of amides is 1.